The molecule has 0 heterocycles. The summed E-state index contributed by atoms with van der Waals surface area (Å²) in [5.41, 5.74) is 6.07. The van der Waals surface area contributed by atoms with Gasteiger partial charge in [0, 0.05) is 31.8 Å². The number of hydrogen-bond donors (Lipinski definition) is 1. The molecule has 1 aromatic carbocycles. The Kier molecular flexibility index (Phi) is 6.25. The molecule has 5 nitrogen and oxygen atoms in total. The van der Waals surface area contributed by atoms with Crippen LogP contribution in [0.3, 0.4) is 0 Å². The Balaban J connectivity index is 3.28. The Hall–Kier alpha value is -0.370. The number of sulfonamides is 1. The topological polar surface area (TPSA) is 72.6 Å². The van der Waals surface area contributed by atoms with E-state index < -0.39 is 10.0 Å². The first-order chi connectivity index (χ1) is 9.25. The van der Waals surface area contributed by atoms with Crippen LogP contribution in [-0.4, -0.2) is 39.5 Å². The van der Waals surface area contributed by atoms with Gasteiger partial charge in [0.05, 0.1) is 11.6 Å². The van der Waals surface area contributed by atoms with Gasteiger partial charge >= 0.3 is 0 Å². The van der Waals surface area contributed by atoms with Gasteiger partial charge < -0.3 is 10.5 Å². The van der Waals surface area contributed by atoms with E-state index in [2.05, 4.69) is 0 Å². The summed E-state index contributed by atoms with van der Waals surface area (Å²) >= 11 is 12.0. The van der Waals surface area contributed by atoms with E-state index in [0.29, 0.717) is 10.6 Å². The van der Waals surface area contributed by atoms with Crippen LogP contribution in [-0.2, 0) is 21.3 Å². The Bertz CT molecular complexity index is 578. The van der Waals surface area contributed by atoms with E-state index in [1.807, 2.05) is 0 Å². The van der Waals surface area contributed by atoms with Gasteiger partial charge in [0.2, 0.25) is 10.0 Å². The lowest BCUT2D eigenvalue weighted by Gasteiger charge is -2.24. The van der Waals surface area contributed by atoms with Gasteiger partial charge in [-0.25, -0.2) is 8.42 Å². The lowest BCUT2D eigenvalue weighted by Crippen LogP contribution is -2.38. The van der Waals surface area contributed by atoms with E-state index in [4.69, 9.17) is 33.7 Å². The molecule has 1 rings (SSSR count). The minimum atomic E-state index is -3.73. The van der Waals surface area contributed by atoms with Crippen molar-refractivity contribution in [3.8, 4) is 0 Å². The predicted octanol–water partition coefficient (Wildman–Crippen LogP) is 2.11. The monoisotopic (exact) mass is 340 g/mol. The Morgan fingerprint density at radius 1 is 1.35 bits per heavy atom. The molecule has 1 aromatic rings. The van der Waals surface area contributed by atoms with Crippen LogP contribution >= 0.6 is 23.2 Å². The number of nitrogens with two attached hydrogens (primary N) is 1. The quantitative estimate of drug-likeness (QED) is 0.860. The van der Waals surface area contributed by atoms with E-state index in [9.17, 15) is 8.42 Å². The molecule has 0 aromatic heterocycles. The Morgan fingerprint density at radius 3 is 2.45 bits per heavy atom. The Labute approximate surface area is 129 Å². The third-order valence-corrected chi connectivity index (χ3v) is 5.79. The molecular formula is C12H18Cl2N2O3S. The molecule has 0 aliphatic carbocycles. The predicted molar refractivity (Wildman–Crippen MR) is 80.6 cm³/mol. The third kappa shape index (κ3) is 3.63. The molecule has 8 heteroatoms. The minimum absolute atomic E-state index is 0.00512. The molecule has 114 valence electrons. The number of methoxy groups -OCH3 is 1. The van der Waals surface area contributed by atoms with Crippen LogP contribution in [0, 0.1) is 0 Å². The second-order valence-electron chi connectivity index (χ2n) is 4.40. The van der Waals surface area contributed by atoms with E-state index >= 15 is 0 Å². The molecule has 0 aliphatic heterocycles. The maximum absolute atomic E-state index is 12.6. The van der Waals surface area contributed by atoms with Gasteiger partial charge in [-0.1, -0.05) is 23.2 Å². The van der Waals surface area contributed by atoms with Crippen molar-refractivity contribution >= 4 is 33.2 Å². The SMILES string of the molecule is COCC(C)N(C)S(=O)(=O)c1cc(CN)c(Cl)cc1Cl. The molecule has 0 amide bonds. The molecule has 0 saturated carbocycles. The van der Waals surface area contributed by atoms with Crippen molar-refractivity contribution in [2.24, 2.45) is 5.73 Å². The van der Waals surface area contributed by atoms with Crippen LogP contribution in [0.1, 0.15) is 12.5 Å². The van der Waals surface area contributed by atoms with Crippen molar-refractivity contribution in [2.75, 3.05) is 20.8 Å². The zero-order valence-corrected chi connectivity index (χ0v) is 13.9. The highest BCUT2D eigenvalue weighted by Crippen LogP contribution is 2.30. The second kappa shape index (κ2) is 7.06. The number of nitrogens with zero attached hydrogens (tertiary/aromatic N) is 1. The standard InChI is InChI=1S/C12H18Cl2N2O3S/c1-8(7-19-3)16(2)20(17,18)12-4-9(6-15)10(13)5-11(12)14/h4-5,8H,6-7,15H2,1-3H3. The van der Waals surface area contributed by atoms with E-state index in [0.717, 1.165) is 0 Å². The summed E-state index contributed by atoms with van der Waals surface area (Å²) in [5.74, 6) is 0. The third-order valence-electron chi connectivity index (χ3n) is 3.01. The summed E-state index contributed by atoms with van der Waals surface area (Å²) in [7, 11) is -0.742. The van der Waals surface area contributed by atoms with Crippen LogP contribution in [0.5, 0.6) is 0 Å². The average Bonchev–Trinajstić information content (AvgIpc) is 2.37. The van der Waals surface area contributed by atoms with E-state index in [1.165, 1.54) is 30.6 Å². The fourth-order valence-corrected chi connectivity index (χ4v) is 3.86. The second-order valence-corrected chi connectivity index (χ2v) is 7.18. The minimum Gasteiger partial charge on any atom is -0.383 e. The van der Waals surface area contributed by atoms with Gasteiger partial charge in [0.1, 0.15) is 4.90 Å². The lowest BCUT2D eigenvalue weighted by molar-refractivity contribution is 0.149. The largest absolute Gasteiger partial charge is 0.383 e. The normalized spacial score (nSPS) is 13.8. The number of benzene rings is 1. The zero-order chi connectivity index (χ0) is 15.5. The first-order valence-electron chi connectivity index (χ1n) is 5.90. The van der Waals surface area contributed by atoms with E-state index in [1.54, 1.807) is 6.92 Å². The van der Waals surface area contributed by atoms with Crippen molar-refractivity contribution in [3.05, 3.63) is 27.7 Å². The van der Waals surface area contributed by atoms with Gasteiger partial charge in [-0.2, -0.15) is 4.31 Å². The maximum Gasteiger partial charge on any atom is 0.244 e. The number of rotatable bonds is 6. The highest BCUT2D eigenvalue weighted by atomic mass is 35.5. The fourth-order valence-electron chi connectivity index (χ4n) is 1.66. The molecule has 0 fully saturated rings. The molecule has 0 radical (unpaired) electrons. The van der Waals surface area contributed by atoms with Crippen LogP contribution in [0.2, 0.25) is 10.0 Å². The van der Waals surface area contributed by atoms with Gasteiger partial charge in [-0.05, 0) is 24.6 Å². The summed E-state index contributed by atoms with van der Waals surface area (Å²) in [5, 5.41) is 0.424. The average molecular weight is 341 g/mol. The molecule has 0 saturated heterocycles. The summed E-state index contributed by atoms with van der Waals surface area (Å²) in [6.45, 7) is 2.16. The summed E-state index contributed by atoms with van der Waals surface area (Å²) in [4.78, 5) is -0.00512. The van der Waals surface area contributed by atoms with Crippen LogP contribution in [0.4, 0.5) is 0 Å². The molecule has 20 heavy (non-hydrogen) atoms. The van der Waals surface area contributed by atoms with Gasteiger partial charge in [0.15, 0.2) is 0 Å². The number of ether oxygens (including phenoxy) is 1. The first-order valence-corrected chi connectivity index (χ1v) is 8.10. The summed E-state index contributed by atoms with van der Waals surface area (Å²) in [6, 6.07) is 2.49. The Morgan fingerprint density at radius 2 is 1.95 bits per heavy atom. The highest BCUT2D eigenvalue weighted by molar-refractivity contribution is 7.89. The summed E-state index contributed by atoms with van der Waals surface area (Å²) in [6.07, 6.45) is 0. The van der Waals surface area contributed by atoms with Crippen LogP contribution in [0.15, 0.2) is 17.0 Å². The van der Waals surface area contributed by atoms with Crippen molar-refractivity contribution in [3.63, 3.8) is 0 Å². The van der Waals surface area contributed by atoms with Crippen molar-refractivity contribution < 1.29 is 13.2 Å². The lowest BCUT2D eigenvalue weighted by atomic mass is 10.2. The first kappa shape index (κ1) is 17.7. The molecule has 0 aliphatic rings. The number of likely N-dealkylation sites (N-methyl/N-ethyl adjacent to an activating group) is 1. The van der Waals surface area contributed by atoms with Gasteiger partial charge in [0.25, 0.3) is 0 Å². The summed E-state index contributed by atoms with van der Waals surface area (Å²) < 4.78 is 31.3. The number of hydrogen-bond acceptors (Lipinski definition) is 4. The van der Waals surface area contributed by atoms with Crippen LogP contribution in [0.25, 0.3) is 0 Å². The van der Waals surface area contributed by atoms with Crippen molar-refractivity contribution in [1.29, 1.82) is 0 Å². The van der Waals surface area contributed by atoms with Crippen molar-refractivity contribution in [1.82, 2.24) is 4.31 Å². The van der Waals surface area contributed by atoms with Gasteiger partial charge in [-0.15, -0.1) is 0 Å². The van der Waals surface area contributed by atoms with Crippen LogP contribution < -0.4 is 5.73 Å². The highest BCUT2D eigenvalue weighted by Gasteiger charge is 2.28. The molecule has 0 spiro atoms. The molecule has 2 N–H and O–H groups in total. The zero-order valence-electron chi connectivity index (χ0n) is 11.6. The molecule has 1 atom stereocenters. The van der Waals surface area contributed by atoms with Gasteiger partial charge in [-0.3, -0.25) is 0 Å². The number of halogens is 2. The molecular weight excluding hydrogens is 323 g/mol. The fraction of sp³-hybridized carbons (Fsp3) is 0.500. The smallest absolute Gasteiger partial charge is 0.244 e. The van der Waals surface area contributed by atoms with Crippen molar-refractivity contribution in [2.45, 2.75) is 24.4 Å². The molecule has 0 bridgehead atoms. The van der Waals surface area contributed by atoms with E-state index in [-0.39, 0.29) is 29.1 Å². The maximum atomic E-state index is 12.6. The molecule has 1 unspecified atom stereocenters.